The lowest BCUT2D eigenvalue weighted by Crippen LogP contribution is -2.67. The van der Waals surface area contributed by atoms with Gasteiger partial charge in [-0.3, -0.25) is 0 Å². The van der Waals surface area contributed by atoms with E-state index in [1.165, 1.54) is 15.9 Å². The minimum absolute atomic E-state index is 0.0596. The van der Waals surface area contributed by atoms with E-state index in [4.69, 9.17) is 13.6 Å². The summed E-state index contributed by atoms with van der Waals surface area (Å²) in [6.07, 6.45) is 3.65. The highest BCUT2D eigenvalue weighted by Gasteiger charge is 2.61. The van der Waals surface area contributed by atoms with E-state index in [1.54, 1.807) is 12.1 Å². The second-order valence-electron chi connectivity index (χ2n) is 14.4. The van der Waals surface area contributed by atoms with Gasteiger partial charge in [0.15, 0.2) is 0 Å². The van der Waals surface area contributed by atoms with Crippen molar-refractivity contribution in [3.63, 3.8) is 0 Å². The van der Waals surface area contributed by atoms with Crippen molar-refractivity contribution in [2.75, 3.05) is 26.3 Å². The zero-order valence-corrected chi connectivity index (χ0v) is 28.3. The molecule has 240 valence electrons. The van der Waals surface area contributed by atoms with E-state index in [-0.39, 0.29) is 28.5 Å². The maximum atomic E-state index is 12.3. The Balaban J connectivity index is 1.08. The molecule has 3 heterocycles. The molecule has 2 aliphatic heterocycles. The highest BCUT2D eigenvalue weighted by Crippen LogP contribution is 2.62. The van der Waals surface area contributed by atoms with Crippen molar-refractivity contribution in [3.8, 4) is 0 Å². The molecule has 46 heavy (non-hydrogen) atoms. The van der Waals surface area contributed by atoms with Crippen LogP contribution >= 0.6 is 0 Å². The van der Waals surface area contributed by atoms with Crippen LogP contribution in [0.5, 0.6) is 0 Å². The Hall–Kier alpha value is -3.49. The highest BCUT2D eigenvalue weighted by molar-refractivity contribution is 6.99. The van der Waals surface area contributed by atoms with E-state index < -0.39 is 8.32 Å². The second-order valence-corrected chi connectivity index (χ2v) is 18.7. The molecule has 7 heteroatoms. The molecule has 0 bridgehead atoms. The van der Waals surface area contributed by atoms with Crippen LogP contribution in [-0.4, -0.2) is 46.6 Å². The number of piperidine rings is 1. The van der Waals surface area contributed by atoms with E-state index in [0.29, 0.717) is 24.7 Å². The number of carbonyl (C=O) groups is 1. The lowest BCUT2D eigenvalue weighted by Gasteiger charge is -2.43. The SMILES string of the molecule is CC(C)(C)[Si](OC[C@@H]1C[C@@]23CNCC[C@@H]2c2cc(CCCOC(=O)c4ccccc4)oc2[C@H]3N1)(c1ccccc1)c1ccccc1. The molecule has 2 N–H and O–H groups in total. The third-order valence-electron chi connectivity index (χ3n) is 10.6. The molecule has 7 rings (SSSR count). The number of furan rings is 1. The summed E-state index contributed by atoms with van der Waals surface area (Å²) in [5.74, 6) is 2.29. The number of benzene rings is 3. The van der Waals surface area contributed by atoms with Gasteiger partial charge in [0.25, 0.3) is 8.32 Å². The van der Waals surface area contributed by atoms with Crippen LogP contribution in [0.2, 0.25) is 5.04 Å². The summed E-state index contributed by atoms with van der Waals surface area (Å²) in [5, 5.41) is 10.3. The van der Waals surface area contributed by atoms with E-state index in [1.807, 2.05) is 18.2 Å². The quantitative estimate of drug-likeness (QED) is 0.124. The molecule has 2 fully saturated rings. The molecule has 1 aromatic heterocycles. The number of fused-ring (bicyclic) bond motifs is 3. The molecule has 0 saturated carbocycles. The maximum absolute atomic E-state index is 12.3. The van der Waals surface area contributed by atoms with Crippen molar-refractivity contribution in [2.24, 2.45) is 5.41 Å². The second kappa shape index (κ2) is 12.6. The van der Waals surface area contributed by atoms with Gasteiger partial charge in [0, 0.05) is 24.4 Å². The average molecular weight is 635 g/mol. The van der Waals surface area contributed by atoms with Crippen LogP contribution in [0, 0.1) is 5.41 Å². The number of hydrogen-bond acceptors (Lipinski definition) is 6. The van der Waals surface area contributed by atoms with Crippen molar-refractivity contribution in [2.45, 2.75) is 69.5 Å². The number of hydrogen-bond donors (Lipinski definition) is 2. The topological polar surface area (TPSA) is 72.7 Å². The van der Waals surface area contributed by atoms with Gasteiger partial charge in [0.1, 0.15) is 11.5 Å². The van der Waals surface area contributed by atoms with Gasteiger partial charge in [0.2, 0.25) is 0 Å². The number of aryl methyl sites for hydroxylation is 1. The van der Waals surface area contributed by atoms with Crippen molar-refractivity contribution in [1.29, 1.82) is 0 Å². The van der Waals surface area contributed by atoms with Gasteiger partial charge in [-0.1, -0.05) is 99.6 Å². The summed E-state index contributed by atoms with van der Waals surface area (Å²) in [5.41, 5.74) is 2.06. The highest BCUT2D eigenvalue weighted by atomic mass is 28.4. The predicted octanol–water partition coefficient (Wildman–Crippen LogP) is 6.13. The molecule has 0 radical (unpaired) electrons. The fourth-order valence-corrected chi connectivity index (χ4v) is 13.2. The molecule has 3 aliphatic rings. The van der Waals surface area contributed by atoms with Gasteiger partial charge in [-0.2, -0.15) is 0 Å². The summed E-state index contributed by atoms with van der Waals surface area (Å²) in [7, 11) is -2.63. The Morgan fingerprint density at radius 3 is 2.26 bits per heavy atom. The molecular weight excluding hydrogens is 589 g/mol. The van der Waals surface area contributed by atoms with Crippen LogP contribution in [0.15, 0.2) is 101 Å². The van der Waals surface area contributed by atoms with Crippen LogP contribution in [0.1, 0.15) is 79.4 Å². The zero-order valence-electron chi connectivity index (χ0n) is 27.3. The summed E-state index contributed by atoms with van der Waals surface area (Å²) < 4.78 is 19.6. The van der Waals surface area contributed by atoms with Crippen molar-refractivity contribution < 1.29 is 18.4 Å². The maximum Gasteiger partial charge on any atom is 0.338 e. The molecular formula is C39H46N2O4Si. The van der Waals surface area contributed by atoms with Crippen LogP contribution in [-0.2, 0) is 15.6 Å². The third kappa shape index (κ3) is 5.47. The van der Waals surface area contributed by atoms with E-state index in [2.05, 4.69) is 98.1 Å². The first-order valence-corrected chi connectivity index (χ1v) is 18.8. The molecule has 4 atom stereocenters. The monoisotopic (exact) mass is 634 g/mol. The zero-order chi connectivity index (χ0) is 31.8. The Labute approximate surface area is 274 Å². The van der Waals surface area contributed by atoms with Gasteiger partial charge < -0.3 is 24.2 Å². The van der Waals surface area contributed by atoms with Gasteiger partial charge in [-0.25, -0.2) is 4.79 Å². The molecule has 6 nitrogen and oxygen atoms in total. The number of nitrogens with one attached hydrogen (secondary N) is 2. The number of esters is 1. The van der Waals surface area contributed by atoms with Gasteiger partial charge in [-0.05, 0) is 70.9 Å². The molecule has 1 spiro atoms. The van der Waals surface area contributed by atoms with Crippen LogP contribution < -0.4 is 21.0 Å². The summed E-state index contributed by atoms with van der Waals surface area (Å²) in [6.45, 7) is 10.1. The molecule has 4 aromatic rings. The predicted molar refractivity (Wildman–Crippen MR) is 184 cm³/mol. The lowest BCUT2D eigenvalue weighted by molar-refractivity contribution is 0.0499. The Morgan fingerprint density at radius 1 is 0.957 bits per heavy atom. The van der Waals surface area contributed by atoms with Gasteiger partial charge >= 0.3 is 5.97 Å². The Morgan fingerprint density at radius 2 is 1.61 bits per heavy atom. The first-order chi connectivity index (χ1) is 22.3. The van der Waals surface area contributed by atoms with Crippen molar-refractivity contribution in [1.82, 2.24) is 10.6 Å². The van der Waals surface area contributed by atoms with Crippen LogP contribution in [0.3, 0.4) is 0 Å². The Bertz CT molecular complexity index is 1600. The molecule has 0 unspecified atom stereocenters. The smallest absolute Gasteiger partial charge is 0.338 e. The minimum Gasteiger partial charge on any atom is -0.464 e. The van der Waals surface area contributed by atoms with Crippen molar-refractivity contribution >= 4 is 24.7 Å². The fraction of sp³-hybridized carbons (Fsp3) is 0.410. The summed E-state index contributed by atoms with van der Waals surface area (Å²) in [4.78, 5) is 12.3. The third-order valence-corrected chi connectivity index (χ3v) is 15.6. The molecule has 3 aromatic carbocycles. The normalized spacial score (nSPS) is 23.8. The van der Waals surface area contributed by atoms with Crippen LogP contribution in [0.4, 0.5) is 0 Å². The number of rotatable bonds is 10. The summed E-state index contributed by atoms with van der Waals surface area (Å²) >= 11 is 0. The lowest BCUT2D eigenvalue weighted by atomic mass is 9.69. The van der Waals surface area contributed by atoms with E-state index in [9.17, 15) is 4.79 Å². The molecule has 0 amide bonds. The average Bonchev–Trinajstić information content (AvgIpc) is 3.71. The van der Waals surface area contributed by atoms with E-state index >= 15 is 0 Å². The first-order valence-electron chi connectivity index (χ1n) is 16.9. The largest absolute Gasteiger partial charge is 0.464 e. The molecule has 2 saturated heterocycles. The van der Waals surface area contributed by atoms with Crippen LogP contribution in [0.25, 0.3) is 0 Å². The number of ether oxygens (including phenoxy) is 1. The van der Waals surface area contributed by atoms with Gasteiger partial charge in [-0.15, -0.1) is 0 Å². The number of carbonyl (C=O) groups excluding carboxylic acids is 1. The van der Waals surface area contributed by atoms with Crippen molar-refractivity contribution in [3.05, 3.63) is 120 Å². The fourth-order valence-electron chi connectivity index (χ4n) is 8.59. The molecule has 1 aliphatic carbocycles. The standard InChI is InChI=1S/C39H46N2O4Si/c1-38(2,3)46(31-17-9-5-10-18-31,32-19-11-6-12-20-32)44-26-29-25-39-27-40-22-21-34(39)33-24-30(45-35(33)36(39)41-29)16-13-23-43-37(42)28-14-7-4-8-15-28/h4-12,14-15,17-20,24,29,34,36,40-41H,13,16,21-23,25-27H2,1-3H3/t29-,34+,36+,39+/m0/s1. The van der Waals surface area contributed by atoms with E-state index in [0.717, 1.165) is 50.3 Å². The summed E-state index contributed by atoms with van der Waals surface area (Å²) in [6, 6.07) is 33.7. The first kappa shape index (κ1) is 31.1. The minimum atomic E-state index is -2.63. The van der Waals surface area contributed by atoms with Gasteiger partial charge in [0.05, 0.1) is 24.8 Å². The Kier molecular flexibility index (Phi) is 8.53.